The summed E-state index contributed by atoms with van der Waals surface area (Å²) in [5.74, 6) is 0.619. The lowest BCUT2D eigenvalue weighted by atomic mass is 10.1. The molecule has 2 rings (SSSR count). The third-order valence-corrected chi connectivity index (χ3v) is 3.85. The van der Waals surface area contributed by atoms with Crippen molar-refractivity contribution in [1.82, 2.24) is 5.32 Å². The van der Waals surface area contributed by atoms with E-state index in [0.717, 1.165) is 10.0 Å². The molecule has 25 heavy (non-hydrogen) atoms. The van der Waals surface area contributed by atoms with Crippen LogP contribution in [-0.4, -0.2) is 32.5 Å². The second-order valence-electron chi connectivity index (χ2n) is 5.08. The van der Waals surface area contributed by atoms with Gasteiger partial charge in [0.15, 0.2) is 23.9 Å². The Balaban J connectivity index is 2.11. The molecule has 2 aromatic carbocycles. The van der Waals surface area contributed by atoms with Crippen LogP contribution in [0.3, 0.4) is 0 Å². The van der Waals surface area contributed by atoms with Crippen LogP contribution in [0, 0.1) is 0 Å². The minimum Gasteiger partial charge on any atom is -0.493 e. The molecule has 0 aliphatic carbocycles. The van der Waals surface area contributed by atoms with Gasteiger partial charge < -0.3 is 14.8 Å². The normalized spacial score (nSPS) is 10.5. The van der Waals surface area contributed by atoms with Crippen LogP contribution in [0.5, 0.6) is 11.5 Å². The molecule has 0 saturated heterocycles. The molecule has 5 nitrogen and oxygen atoms in total. The van der Waals surface area contributed by atoms with E-state index in [1.807, 2.05) is 12.1 Å². The van der Waals surface area contributed by atoms with E-state index in [9.17, 15) is 9.59 Å². The monoisotopic (exact) mass is 403 g/mol. The van der Waals surface area contributed by atoms with E-state index in [2.05, 4.69) is 21.2 Å². The second-order valence-corrected chi connectivity index (χ2v) is 6.00. The first-order chi connectivity index (χ1) is 12.0. The first kappa shape index (κ1) is 18.7. The highest BCUT2D eigenvalue weighted by Gasteiger charge is 2.08. The average Bonchev–Trinajstić information content (AvgIpc) is 2.64. The smallest absolute Gasteiger partial charge is 0.257 e. The van der Waals surface area contributed by atoms with Crippen molar-refractivity contribution in [3.8, 4) is 11.5 Å². The summed E-state index contributed by atoms with van der Waals surface area (Å²) in [4.78, 5) is 23.5. The van der Waals surface area contributed by atoms with Gasteiger partial charge in [0.05, 0.1) is 7.11 Å². The van der Waals surface area contributed by atoms with Crippen LogP contribution in [0.25, 0.3) is 6.08 Å². The highest BCUT2D eigenvalue weighted by Crippen LogP contribution is 2.28. The molecule has 0 radical (unpaired) electrons. The molecule has 130 valence electrons. The Labute approximate surface area is 154 Å². The minimum atomic E-state index is -0.231. The zero-order valence-corrected chi connectivity index (χ0v) is 15.5. The summed E-state index contributed by atoms with van der Waals surface area (Å²) in [6, 6.07) is 12.4. The molecule has 0 heterocycles. The number of hydrogen-bond donors (Lipinski definition) is 1. The van der Waals surface area contributed by atoms with Crippen LogP contribution < -0.4 is 14.8 Å². The van der Waals surface area contributed by atoms with Crippen molar-refractivity contribution in [3.63, 3.8) is 0 Å². The number of benzene rings is 2. The van der Waals surface area contributed by atoms with Crippen molar-refractivity contribution < 1.29 is 19.1 Å². The predicted molar refractivity (Wildman–Crippen MR) is 100 cm³/mol. The Morgan fingerprint density at radius 2 is 1.96 bits per heavy atom. The summed E-state index contributed by atoms with van der Waals surface area (Å²) in [6.45, 7) is -0.0938. The number of carbonyl (C=O) groups is 2. The quantitative estimate of drug-likeness (QED) is 0.567. The molecule has 0 saturated carbocycles. The minimum absolute atomic E-state index is 0.0938. The Hall–Kier alpha value is -2.60. The topological polar surface area (TPSA) is 64.6 Å². The van der Waals surface area contributed by atoms with Gasteiger partial charge >= 0.3 is 0 Å². The van der Waals surface area contributed by atoms with Crippen LogP contribution >= 0.6 is 15.9 Å². The van der Waals surface area contributed by atoms with E-state index in [4.69, 9.17) is 9.47 Å². The Kier molecular flexibility index (Phi) is 6.77. The number of allylic oxidation sites excluding steroid dienone is 1. The van der Waals surface area contributed by atoms with E-state index in [0.29, 0.717) is 17.1 Å². The molecule has 0 unspecified atom stereocenters. The molecule has 1 N–H and O–H groups in total. The number of carbonyl (C=O) groups excluding carboxylic acids is 2. The summed E-state index contributed by atoms with van der Waals surface area (Å²) in [5.41, 5.74) is 1.38. The van der Waals surface area contributed by atoms with Crippen LogP contribution in [0.2, 0.25) is 0 Å². The van der Waals surface area contributed by atoms with Crippen LogP contribution in [0.15, 0.2) is 53.0 Å². The van der Waals surface area contributed by atoms with E-state index < -0.39 is 0 Å². The molecule has 0 atom stereocenters. The van der Waals surface area contributed by atoms with E-state index in [-0.39, 0.29) is 18.3 Å². The van der Waals surface area contributed by atoms with Gasteiger partial charge in [-0.3, -0.25) is 9.59 Å². The van der Waals surface area contributed by atoms with Crippen molar-refractivity contribution in [2.75, 3.05) is 20.8 Å². The second kappa shape index (κ2) is 9.03. The van der Waals surface area contributed by atoms with E-state index in [1.54, 1.807) is 43.5 Å². The SMILES string of the molecule is CNC(=O)COc1ccc(C=CC(=O)c2cccc(Br)c2)cc1OC. The number of halogens is 1. The fourth-order valence-electron chi connectivity index (χ4n) is 2.03. The van der Waals surface area contributed by atoms with Gasteiger partial charge in [-0.15, -0.1) is 0 Å². The Morgan fingerprint density at radius 3 is 2.64 bits per heavy atom. The van der Waals surface area contributed by atoms with Gasteiger partial charge in [0.2, 0.25) is 0 Å². The fourth-order valence-corrected chi connectivity index (χ4v) is 2.43. The lowest BCUT2D eigenvalue weighted by Crippen LogP contribution is -2.24. The summed E-state index contributed by atoms with van der Waals surface area (Å²) < 4.78 is 11.5. The van der Waals surface area contributed by atoms with Gasteiger partial charge in [0, 0.05) is 17.1 Å². The largest absolute Gasteiger partial charge is 0.493 e. The predicted octanol–water partition coefficient (Wildman–Crippen LogP) is 3.48. The lowest BCUT2D eigenvalue weighted by molar-refractivity contribution is -0.122. The van der Waals surface area contributed by atoms with Crippen LogP contribution in [0.1, 0.15) is 15.9 Å². The van der Waals surface area contributed by atoms with E-state index >= 15 is 0 Å². The molecule has 0 aliphatic rings. The summed E-state index contributed by atoms with van der Waals surface area (Å²) in [6.07, 6.45) is 3.20. The van der Waals surface area contributed by atoms with Gasteiger partial charge in [0.1, 0.15) is 0 Å². The molecule has 2 aromatic rings. The van der Waals surface area contributed by atoms with Crippen molar-refractivity contribution in [2.24, 2.45) is 0 Å². The fraction of sp³-hybridized carbons (Fsp3) is 0.158. The van der Waals surface area contributed by atoms with Gasteiger partial charge in [-0.25, -0.2) is 0 Å². The molecule has 0 aliphatic heterocycles. The standard InChI is InChI=1S/C19H18BrNO4/c1-21-19(23)12-25-17-9-7-13(10-18(17)24-2)6-8-16(22)14-4-3-5-15(20)11-14/h3-11H,12H2,1-2H3,(H,21,23). The number of rotatable bonds is 7. The molecule has 0 aromatic heterocycles. The summed E-state index contributed by atoms with van der Waals surface area (Å²) in [7, 11) is 3.06. The van der Waals surface area contributed by atoms with Crippen LogP contribution in [-0.2, 0) is 4.79 Å². The first-order valence-corrected chi connectivity index (χ1v) is 8.32. The van der Waals surface area contributed by atoms with Crippen molar-refractivity contribution in [2.45, 2.75) is 0 Å². The van der Waals surface area contributed by atoms with Gasteiger partial charge in [0.25, 0.3) is 5.91 Å². The number of nitrogens with one attached hydrogen (secondary N) is 1. The zero-order chi connectivity index (χ0) is 18.2. The number of amides is 1. The highest BCUT2D eigenvalue weighted by molar-refractivity contribution is 9.10. The number of methoxy groups -OCH3 is 1. The lowest BCUT2D eigenvalue weighted by Gasteiger charge is -2.10. The molecule has 6 heteroatoms. The maximum absolute atomic E-state index is 12.2. The molecule has 0 spiro atoms. The number of hydrogen-bond acceptors (Lipinski definition) is 4. The van der Waals surface area contributed by atoms with Crippen molar-refractivity contribution in [1.29, 1.82) is 0 Å². The van der Waals surface area contributed by atoms with Gasteiger partial charge in [-0.05, 0) is 35.9 Å². The summed E-state index contributed by atoms with van der Waals surface area (Å²) in [5, 5.41) is 2.48. The van der Waals surface area contributed by atoms with Crippen LogP contribution in [0.4, 0.5) is 0 Å². The Morgan fingerprint density at radius 1 is 1.16 bits per heavy atom. The average molecular weight is 404 g/mol. The number of ketones is 1. The molecular weight excluding hydrogens is 386 g/mol. The third kappa shape index (κ3) is 5.46. The van der Waals surface area contributed by atoms with Gasteiger partial charge in [-0.2, -0.15) is 0 Å². The molecule has 1 amide bonds. The molecule has 0 bridgehead atoms. The zero-order valence-electron chi connectivity index (χ0n) is 13.9. The van der Waals surface area contributed by atoms with Gasteiger partial charge in [-0.1, -0.05) is 40.2 Å². The number of likely N-dealkylation sites (N-methyl/N-ethyl adjacent to an activating group) is 1. The first-order valence-electron chi connectivity index (χ1n) is 7.53. The Bertz CT molecular complexity index is 802. The summed E-state index contributed by atoms with van der Waals surface area (Å²) >= 11 is 3.35. The highest BCUT2D eigenvalue weighted by atomic mass is 79.9. The molecular formula is C19H18BrNO4. The van der Waals surface area contributed by atoms with Crippen molar-refractivity contribution >= 4 is 33.7 Å². The maximum Gasteiger partial charge on any atom is 0.257 e. The van der Waals surface area contributed by atoms with Crippen molar-refractivity contribution in [3.05, 3.63) is 64.1 Å². The van der Waals surface area contributed by atoms with E-state index in [1.165, 1.54) is 13.2 Å². The molecule has 0 fully saturated rings. The third-order valence-electron chi connectivity index (χ3n) is 3.36. The number of ether oxygens (including phenoxy) is 2. The maximum atomic E-state index is 12.2.